The van der Waals surface area contributed by atoms with Crippen LogP contribution in [0, 0.1) is 0 Å². The third kappa shape index (κ3) is 2.79. The van der Waals surface area contributed by atoms with Crippen LogP contribution in [0.25, 0.3) is 11.5 Å². The maximum atomic E-state index is 13.2. The van der Waals surface area contributed by atoms with E-state index in [1.807, 2.05) is 0 Å². The number of alkyl halides is 9. The summed E-state index contributed by atoms with van der Waals surface area (Å²) in [7, 11) is 0. The predicted molar refractivity (Wildman–Crippen MR) is 77.6 cm³/mol. The molecule has 168 valence electrons. The van der Waals surface area contributed by atoms with E-state index >= 15 is 0 Å². The fourth-order valence-electron chi connectivity index (χ4n) is 3.15. The van der Waals surface area contributed by atoms with Crippen molar-refractivity contribution in [2.45, 2.75) is 56.2 Å². The first-order valence-corrected chi connectivity index (χ1v) is 8.02. The summed E-state index contributed by atoms with van der Waals surface area (Å²) in [6, 6.07) is -1.21. The molecule has 0 radical (unpaired) electrons. The van der Waals surface area contributed by atoms with E-state index in [0.29, 0.717) is 17.7 Å². The maximum absolute atomic E-state index is 13.2. The van der Waals surface area contributed by atoms with Crippen LogP contribution in [-0.2, 0) is 17.7 Å². The lowest BCUT2D eigenvalue weighted by atomic mass is 10.0. The molecule has 1 aliphatic rings. The van der Waals surface area contributed by atoms with E-state index in [1.54, 1.807) is 0 Å². The van der Waals surface area contributed by atoms with Crippen molar-refractivity contribution >= 4 is 0 Å². The van der Waals surface area contributed by atoms with Crippen molar-refractivity contribution in [2.24, 2.45) is 0 Å². The number of aromatic nitrogens is 5. The normalized spacial score (nSPS) is 20.0. The molecule has 3 heterocycles. The van der Waals surface area contributed by atoms with Crippen LogP contribution in [0.15, 0.2) is 6.20 Å². The van der Waals surface area contributed by atoms with Gasteiger partial charge < -0.3 is 19.3 Å². The predicted octanol–water partition coefficient (Wildman–Crippen LogP) is 2.80. The lowest BCUT2D eigenvalue weighted by molar-refractivity contribution is -0.379. The lowest BCUT2D eigenvalue weighted by Crippen LogP contribution is -2.55. The van der Waals surface area contributed by atoms with Crippen molar-refractivity contribution in [3.05, 3.63) is 17.8 Å². The summed E-state index contributed by atoms with van der Waals surface area (Å²) >= 11 is 0. The summed E-state index contributed by atoms with van der Waals surface area (Å²) in [6.07, 6.45) is -16.9. The second kappa shape index (κ2) is 6.09. The van der Waals surface area contributed by atoms with Crippen molar-refractivity contribution < 1.29 is 49.7 Å². The van der Waals surface area contributed by atoms with Gasteiger partial charge in [0.2, 0.25) is 5.60 Å². The van der Waals surface area contributed by atoms with Crippen molar-refractivity contribution in [2.75, 3.05) is 0 Å². The summed E-state index contributed by atoms with van der Waals surface area (Å²) < 4.78 is 120. The number of rotatable bonds is 2. The van der Waals surface area contributed by atoms with Crippen molar-refractivity contribution in [3.63, 3.8) is 0 Å². The zero-order chi connectivity index (χ0) is 23.1. The fourth-order valence-corrected chi connectivity index (χ4v) is 3.15. The van der Waals surface area contributed by atoms with Gasteiger partial charge in [-0.15, -0.1) is 10.2 Å². The molecule has 2 N–H and O–H groups in total. The Balaban J connectivity index is 2.24. The van der Waals surface area contributed by atoms with Gasteiger partial charge in [-0.05, 0) is 13.8 Å². The van der Waals surface area contributed by atoms with E-state index in [1.165, 1.54) is 6.92 Å². The van der Waals surface area contributed by atoms with Gasteiger partial charge in [0.25, 0.3) is 0 Å². The molecular weight excluding hydrogens is 441 g/mol. The molecule has 16 heteroatoms. The second-order valence-electron chi connectivity index (χ2n) is 6.92. The Kier molecular flexibility index (Phi) is 4.53. The van der Waals surface area contributed by atoms with Gasteiger partial charge in [-0.25, -0.2) is 4.98 Å². The van der Waals surface area contributed by atoms with Gasteiger partial charge in [0.1, 0.15) is 5.69 Å². The van der Waals surface area contributed by atoms with Gasteiger partial charge >= 0.3 is 24.1 Å². The van der Waals surface area contributed by atoms with Gasteiger partial charge in [0.15, 0.2) is 17.5 Å². The third-order valence-electron chi connectivity index (χ3n) is 4.80. The Morgan fingerprint density at radius 2 is 1.43 bits per heavy atom. The molecule has 2 aromatic rings. The van der Waals surface area contributed by atoms with Crippen LogP contribution in [0.5, 0.6) is 0 Å². The highest BCUT2D eigenvalue weighted by molar-refractivity contribution is 5.53. The molecule has 0 saturated carbocycles. The Morgan fingerprint density at radius 3 is 1.90 bits per heavy atom. The maximum Gasteiger partial charge on any atom is 0.433 e. The fraction of sp³-hybridized carbons (Fsp3) is 0.643. The van der Waals surface area contributed by atoms with Crippen molar-refractivity contribution in [1.82, 2.24) is 24.3 Å². The zero-order valence-corrected chi connectivity index (χ0v) is 14.9. The van der Waals surface area contributed by atoms with E-state index in [4.69, 9.17) is 0 Å². The molecule has 7 nitrogen and oxygen atoms in total. The van der Waals surface area contributed by atoms with Crippen molar-refractivity contribution in [1.29, 1.82) is 0 Å². The van der Waals surface area contributed by atoms with Crippen LogP contribution in [0.1, 0.15) is 31.5 Å². The molecule has 0 bridgehead atoms. The minimum atomic E-state index is -6.22. The molecule has 0 aliphatic carbocycles. The van der Waals surface area contributed by atoms with Crippen LogP contribution in [0.3, 0.4) is 0 Å². The molecule has 30 heavy (non-hydrogen) atoms. The highest BCUT2D eigenvalue weighted by atomic mass is 19.4. The molecule has 3 rings (SSSR count). The Bertz CT molecular complexity index is 956. The minimum Gasteiger partial charge on any atom is -0.374 e. The zero-order valence-electron chi connectivity index (χ0n) is 14.9. The number of hydrogen-bond acceptors (Lipinski definition) is 5. The molecule has 0 aromatic carbocycles. The van der Waals surface area contributed by atoms with E-state index < -0.39 is 65.5 Å². The Hall–Kier alpha value is -2.36. The van der Waals surface area contributed by atoms with Gasteiger partial charge in [-0.3, -0.25) is 0 Å². The molecule has 1 aliphatic heterocycles. The first-order valence-electron chi connectivity index (χ1n) is 8.02. The number of halogens is 9. The molecule has 0 fully saturated rings. The average molecular weight is 453 g/mol. The number of hydrogen-bond donors (Lipinski definition) is 2. The van der Waals surface area contributed by atoms with Gasteiger partial charge in [-0.2, -0.15) is 39.5 Å². The number of aliphatic hydroxyl groups is 2. The van der Waals surface area contributed by atoms with Gasteiger partial charge in [-0.1, -0.05) is 0 Å². The van der Waals surface area contributed by atoms with E-state index in [9.17, 15) is 49.7 Å². The summed E-state index contributed by atoms with van der Waals surface area (Å²) in [4.78, 5) is 3.46. The molecule has 2 atom stereocenters. The van der Waals surface area contributed by atoms with Crippen LogP contribution >= 0.6 is 0 Å². The summed E-state index contributed by atoms with van der Waals surface area (Å²) in [5.41, 5.74) is -9.25. The quantitative estimate of drug-likeness (QED) is 0.683. The van der Waals surface area contributed by atoms with Crippen LogP contribution in [0.2, 0.25) is 0 Å². The van der Waals surface area contributed by atoms with Crippen LogP contribution < -0.4 is 0 Å². The topological polar surface area (TPSA) is 89.0 Å². The molecule has 1 unspecified atom stereocenters. The highest BCUT2D eigenvalue weighted by Gasteiger charge is 2.74. The second-order valence-corrected chi connectivity index (χ2v) is 6.92. The van der Waals surface area contributed by atoms with Crippen LogP contribution in [-0.4, -0.2) is 53.1 Å². The van der Waals surface area contributed by atoms with E-state index in [0.717, 1.165) is 4.57 Å². The lowest BCUT2D eigenvalue weighted by Gasteiger charge is -2.34. The first kappa shape index (κ1) is 22.3. The molecule has 0 saturated heterocycles. The highest BCUT2D eigenvalue weighted by Crippen LogP contribution is 2.51. The van der Waals surface area contributed by atoms with Crippen LogP contribution in [0.4, 0.5) is 39.5 Å². The van der Waals surface area contributed by atoms with Crippen molar-refractivity contribution in [3.8, 4) is 11.5 Å². The summed E-state index contributed by atoms with van der Waals surface area (Å²) in [6.45, 7) is 0.802. The van der Waals surface area contributed by atoms with Gasteiger partial charge in [0, 0.05) is 6.54 Å². The summed E-state index contributed by atoms with van der Waals surface area (Å²) in [5, 5.41) is 25.5. The molecule has 2 aromatic heterocycles. The number of nitrogens with zero attached hydrogens (tertiary/aromatic N) is 5. The molecule has 0 amide bonds. The van der Waals surface area contributed by atoms with E-state index in [2.05, 4.69) is 15.2 Å². The third-order valence-corrected chi connectivity index (χ3v) is 4.80. The summed E-state index contributed by atoms with van der Waals surface area (Å²) in [5.74, 6) is -3.51. The van der Waals surface area contributed by atoms with Gasteiger partial charge in [0.05, 0.1) is 12.2 Å². The monoisotopic (exact) mass is 453 g/mol. The molecular formula is C14H12F9N5O2. The van der Waals surface area contributed by atoms with E-state index in [-0.39, 0.29) is 0 Å². The Morgan fingerprint density at radius 1 is 0.900 bits per heavy atom. The minimum absolute atomic E-state index is 0.314. The SMILES string of the molecule is C[C@H]1Cn2c(nnc2C(O)(C(F)(F)F)C(F)(F)F)-c2cnc(C(C)(O)C(F)(F)F)n21. The number of fused-ring (bicyclic) bond motifs is 3. The first-order chi connectivity index (χ1) is 13.4. The largest absolute Gasteiger partial charge is 0.433 e. The smallest absolute Gasteiger partial charge is 0.374 e. The Labute approximate surface area is 160 Å². The average Bonchev–Trinajstić information content (AvgIpc) is 3.15. The molecule has 0 spiro atoms. The standard InChI is InChI=1S/C14H12F9N5O2/c1-5-4-27-7(6-3-24-8(28(5)6)10(2,29)12(15,16)17)25-26-9(27)11(30,13(18,19)20)14(21,22)23/h3,5,29-30H,4H2,1-2H3/t5-,10?/m0/s1. The number of imidazole rings is 1.